The highest BCUT2D eigenvalue weighted by atomic mass is 32.2. The Morgan fingerprint density at radius 3 is 2.47 bits per heavy atom. The van der Waals surface area contributed by atoms with Gasteiger partial charge in [0, 0.05) is 43.9 Å². The van der Waals surface area contributed by atoms with E-state index in [0.717, 1.165) is 54.8 Å². The first-order chi connectivity index (χ1) is 18.2. The van der Waals surface area contributed by atoms with Gasteiger partial charge in [-0.05, 0) is 43.7 Å². The Morgan fingerprint density at radius 2 is 1.82 bits per heavy atom. The molecule has 0 aromatic heterocycles. The first-order valence-electron chi connectivity index (χ1n) is 12.5. The fourth-order valence-corrected chi connectivity index (χ4v) is 6.89. The Labute approximate surface area is 230 Å². The summed E-state index contributed by atoms with van der Waals surface area (Å²) in [5.41, 5.74) is 3.90. The van der Waals surface area contributed by atoms with Crippen molar-refractivity contribution in [2.24, 2.45) is 0 Å². The van der Waals surface area contributed by atoms with Crippen molar-refractivity contribution < 1.29 is 18.7 Å². The number of carbonyl (C=O) groups is 2. The maximum atomic E-state index is 14.3. The van der Waals surface area contributed by atoms with Crippen molar-refractivity contribution in [2.45, 2.75) is 19.4 Å². The summed E-state index contributed by atoms with van der Waals surface area (Å²) in [6.45, 7) is 7.72. The lowest BCUT2D eigenvalue weighted by molar-refractivity contribution is -0.116. The van der Waals surface area contributed by atoms with Crippen LogP contribution >= 0.6 is 24.0 Å². The fraction of sp³-hybridized carbons (Fsp3) is 0.321. The van der Waals surface area contributed by atoms with Crippen LogP contribution in [0.5, 0.6) is 5.75 Å². The van der Waals surface area contributed by atoms with Crippen molar-refractivity contribution >= 4 is 62.6 Å². The molecule has 6 rings (SSSR count). The second kappa shape index (κ2) is 9.21. The molecule has 0 bridgehead atoms. The Hall–Kier alpha value is -3.21. The molecular weight excluding hydrogens is 523 g/mol. The van der Waals surface area contributed by atoms with E-state index in [9.17, 15) is 14.0 Å². The summed E-state index contributed by atoms with van der Waals surface area (Å²) < 4.78 is 20.3. The molecule has 7 nitrogen and oxygen atoms in total. The van der Waals surface area contributed by atoms with Gasteiger partial charge in [-0.2, -0.15) is 0 Å². The lowest BCUT2D eigenvalue weighted by atomic mass is 9.87. The minimum absolute atomic E-state index is 0.200. The van der Waals surface area contributed by atoms with E-state index < -0.39 is 5.54 Å². The minimum Gasteiger partial charge on any atom is -0.497 e. The number of rotatable bonds is 4. The summed E-state index contributed by atoms with van der Waals surface area (Å²) in [7, 11) is 1.60. The van der Waals surface area contributed by atoms with Gasteiger partial charge in [-0.25, -0.2) is 4.39 Å². The summed E-state index contributed by atoms with van der Waals surface area (Å²) in [5.74, 6) is -0.143. The van der Waals surface area contributed by atoms with Crippen LogP contribution in [0.3, 0.4) is 0 Å². The molecule has 0 unspecified atom stereocenters. The summed E-state index contributed by atoms with van der Waals surface area (Å²) >= 11 is 6.32. The van der Waals surface area contributed by atoms with E-state index in [1.165, 1.54) is 6.07 Å². The van der Waals surface area contributed by atoms with Crippen LogP contribution < -0.4 is 19.9 Å². The van der Waals surface area contributed by atoms with Crippen LogP contribution in [0.1, 0.15) is 25.0 Å². The number of para-hydroxylation sites is 1. The van der Waals surface area contributed by atoms with E-state index in [1.54, 1.807) is 18.1 Å². The highest BCUT2D eigenvalue weighted by Gasteiger charge is 2.48. The number of amides is 2. The van der Waals surface area contributed by atoms with Crippen LogP contribution in [-0.2, 0) is 9.59 Å². The molecule has 196 valence electrons. The van der Waals surface area contributed by atoms with Gasteiger partial charge in [0.2, 0.25) is 0 Å². The van der Waals surface area contributed by atoms with Crippen LogP contribution in [0.4, 0.5) is 15.8 Å². The van der Waals surface area contributed by atoms with Crippen molar-refractivity contribution in [1.29, 1.82) is 0 Å². The summed E-state index contributed by atoms with van der Waals surface area (Å²) in [6.07, 6.45) is 2.14. The molecule has 0 radical (unpaired) electrons. The third-order valence-corrected chi connectivity index (χ3v) is 8.71. The molecule has 2 amide bonds. The fourth-order valence-electron chi connectivity index (χ4n) is 5.77. The van der Waals surface area contributed by atoms with E-state index in [1.807, 2.05) is 38.1 Å². The molecule has 2 aromatic rings. The third-order valence-electron chi connectivity index (χ3n) is 7.48. The highest BCUT2D eigenvalue weighted by Crippen LogP contribution is 2.52. The molecule has 4 heterocycles. The first kappa shape index (κ1) is 25.1. The van der Waals surface area contributed by atoms with E-state index >= 15 is 0 Å². The van der Waals surface area contributed by atoms with E-state index in [-0.39, 0.29) is 17.6 Å². The molecule has 2 saturated heterocycles. The second-order valence-corrected chi connectivity index (χ2v) is 12.0. The molecule has 0 saturated carbocycles. The number of halogens is 1. The Bertz CT molecular complexity index is 1460. The van der Waals surface area contributed by atoms with E-state index in [4.69, 9.17) is 17.0 Å². The zero-order valence-corrected chi connectivity index (χ0v) is 23.0. The Balaban J connectivity index is 1.35. The van der Waals surface area contributed by atoms with Crippen molar-refractivity contribution in [3.8, 4) is 5.75 Å². The molecule has 2 fully saturated rings. The lowest BCUT2D eigenvalue weighted by Gasteiger charge is -2.41. The number of thioether (sulfide) groups is 1. The number of anilines is 2. The SMILES string of the molecule is COc1cc2c3c(c1)/C(=C1/SC(=S)NC1=O)C(=O)N3C(C)(C)C=C2CN1CCN(c2ccccc2F)CC1. The number of nitrogens with zero attached hydrogens (tertiary/aromatic N) is 3. The molecule has 4 aliphatic rings. The van der Waals surface area contributed by atoms with Gasteiger partial charge in [0.05, 0.1) is 34.5 Å². The van der Waals surface area contributed by atoms with Gasteiger partial charge >= 0.3 is 0 Å². The molecule has 10 heteroatoms. The first-order valence-corrected chi connectivity index (χ1v) is 13.7. The predicted molar refractivity (Wildman–Crippen MR) is 153 cm³/mol. The van der Waals surface area contributed by atoms with Gasteiger partial charge in [-0.15, -0.1) is 0 Å². The van der Waals surface area contributed by atoms with Crippen molar-refractivity contribution in [3.63, 3.8) is 0 Å². The zero-order valence-electron chi connectivity index (χ0n) is 21.3. The van der Waals surface area contributed by atoms with Gasteiger partial charge in [0.25, 0.3) is 11.8 Å². The number of ether oxygens (including phenoxy) is 1. The number of nitrogens with one attached hydrogen (secondary N) is 1. The largest absolute Gasteiger partial charge is 0.497 e. The van der Waals surface area contributed by atoms with Gasteiger partial charge in [0.1, 0.15) is 15.9 Å². The van der Waals surface area contributed by atoms with Crippen LogP contribution in [0.25, 0.3) is 11.1 Å². The van der Waals surface area contributed by atoms with Crippen molar-refractivity contribution in [2.75, 3.05) is 49.6 Å². The van der Waals surface area contributed by atoms with Gasteiger partial charge in [-0.1, -0.05) is 42.2 Å². The summed E-state index contributed by atoms with van der Waals surface area (Å²) in [5, 5.41) is 2.64. The number of thiocarbonyl (C=S) groups is 1. The van der Waals surface area contributed by atoms with Gasteiger partial charge < -0.3 is 15.0 Å². The number of hydrogen-bond donors (Lipinski definition) is 1. The van der Waals surface area contributed by atoms with Crippen LogP contribution in [0.15, 0.2) is 47.4 Å². The Kier molecular flexibility index (Phi) is 6.08. The zero-order chi connectivity index (χ0) is 26.8. The smallest absolute Gasteiger partial charge is 0.264 e. The Morgan fingerprint density at radius 1 is 1.11 bits per heavy atom. The average molecular weight is 551 g/mol. The molecule has 1 N–H and O–H groups in total. The van der Waals surface area contributed by atoms with Gasteiger partial charge in [-0.3, -0.25) is 19.4 Å². The van der Waals surface area contributed by atoms with E-state index in [0.29, 0.717) is 38.3 Å². The minimum atomic E-state index is -0.611. The topological polar surface area (TPSA) is 65.1 Å². The average Bonchev–Trinajstić information content (AvgIpc) is 3.37. The quantitative estimate of drug-likeness (QED) is 0.456. The normalized spacial score (nSPS) is 22.5. The third kappa shape index (κ3) is 4.02. The van der Waals surface area contributed by atoms with Gasteiger partial charge in [0.15, 0.2) is 0 Å². The van der Waals surface area contributed by atoms with Crippen molar-refractivity contribution in [3.05, 3.63) is 64.3 Å². The molecule has 2 aromatic carbocycles. The second-order valence-electron chi connectivity index (χ2n) is 10.3. The maximum absolute atomic E-state index is 14.3. The number of piperazine rings is 1. The molecule has 0 atom stereocenters. The maximum Gasteiger partial charge on any atom is 0.264 e. The number of carbonyl (C=O) groups excluding carboxylic acids is 2. The van der Waals surface area contributed by atoms with Crippen LogP contribution in [0, 0.1) is 5.82 Å². The molecule has 38 heavy (non-hydrogen) atoms. The van der Waals surface area contributed by atoms with Crippen molar-refractivity contribution in [1.82, 2.24) is 10.2 Å². The molecule has 0 aliphatic carbocycles. The van der Waals surface area contributed by atoms with Crippen LogP contribution in [0.2, 0.25) is 0 Å². The number of methoxy groups -OCH3 is 1. The molecular formula is C28H27FN4O3S2. The highest BCUT2D eigenvalue weighted by molar-refractivity contribution is 8.27. The van der Waals surface area contributed by atoms with Crippen LogP contribution in [-0.4, -0.2) is 66.4 Å². The number of benzene rings is 2. The standard InChI is InChI=1S/C28H27FN4O3S2/c1-28(2)14-16(15-31-8-10-32(11-9-31)21-7-5-4-6-20(21)29)18-12-17(36-3)13-19-22(26(35)33(28)23(18)19)24-25(34)30-27(37)38-24/h4-7,12-14H,8-11,15H2,1-3H3,(H,30,34,37)/b24-22-. The number of hydrogen-bond acceptors (Lipinski definition) is 7. The molecule has 0 spiro atoms. The predicted octanol–water partition coefficient (Wildman–Crippen LogP) is 4.04. The lowest BCUT2D eigenvalue weighted by Crippen LogP contribution is -2.49. The van der Waals surface area contributed by atoms with E-state index in [2.05, 4.69) is 21.2 Å². The molecule has 4 aliphatic heterocycles. The summed E-state index contributed by atoms with van der Waals surface area (Å²) in [4.78, 5) is 33.1. The monoisotopic (exact) mass is 550 g/mol. The summed E-state index contributed by atoms with van der Waals surface area (Å²) in [6, 6.07) is 10.7.